The van der Waals surface area contributed by atoms with Gasteiger partial charge in [0.05, 0.1) is 5.56 Å². The first-order chi connectivity index (χ1) is 9.99. The number of nitrogens with one attached hydrogen (secondary N) is 2. The van der Waals surface area contributed by atoms with E-state index in [0.29, 0.717) is 12.5 Å². The molecule has 0 aromatic heterocycles. The summed E-state index contributed by atoms with van der Waals surface area (Å²) in [5.74, 6) is -1.27. The van der Waals surface area contributed by atoms with Crippen LogP contribution in [0.4, 0.5) is 13.6 Å². The number of benzene rings is 1. The van der Waals surface area contributed by atoms with Gasteiger partial charge in [-0.2, -0.15) is 0 Å². The van der Waals surface area contributed by atoms with E-state index in [1.54, 1.807) is 0 Å². The number of carbonyl (C=O) groups is 1. The van der Waals surface area contributed by atoms with Crippen molar-refractivity contribution < 1.29 is 18.7 Å². The highest BCUT2D eigenvalue weighted by Crippen LogP contribution is 2.19. The van der Waals surface area contributed by atoms with Gasteiger partial charge in [-0.15, -0.1) is 0 Å². The van der Waals surface area contributed by atoms with E-state index in [1.807, 2.05) is 13.8 Å². The van der Waals surface area contributed by atoms with Crippen molar-refractivity contribution in [3.63, 3.8) is 0 Å². The number of aliphatic hydroxyl groups excluding tert-OH is 1. The summed E-state index contributed by atoms with van der Waals surface area (Å²) in [6.07, 6.45) is 0.491. The van der Waals surface area contributed by atoms with Crippen molar-refractivity contribution in [3.8, 4) is 0 Å². The monoisotopic (exact) mass is 300 g/mol. The fourth-order valence-corrected chi connectivity index (χ4v) is 2.00. The number of halogens is 2. The summed E-state index contributed by atoms with van der Waals surface area (Å²) in [5.41, 5.74) is -0.433. The second kappa shape index (κ2) is 8.56. The highest BCUT2D eigenvalue weighted by molar-refractivity contribution is 5.73. The quantitative estimate of drug-likeness (QED) is 0.725. The molecule has 0 aliphatic heterocycles. The van der Waals surface area contributed by atoms with Crippen LogP contribution in [0.1, 0.15) is 38.4 Å². The molecule has 1 atom stereocenters. The number of hydrogen-bond donors (Lipinski definition) is 3. The predicted octanol–water partition coefficient (Wildman–Crippen LogP) is 2.73. The van der Waals surface area contributed by atoms with Gasteiger partial charge in [0.2, 0.25) is 0 Å². The fraction of sp³-hybridized carbons (Fsp3) is 0.533. The molecule has 0 radical (unpaired) electrons. The molecule has 0 heterocycles. The molecule has 1 unspecified atom stereocenters. The van der Waals surface area contributed by atoms with Crippen LogP contribution in [0.25, 0.3) is 0 Å². The SMILES string of the molecule is CCC(CC)CNC(=O)NCC(O)c1c(F)cccc1F. The third-order valence-electron chi connectivity index (χ3n) is 3.49. The lowest BCUT2D eigenvalue weighted by molar-refractivity contribution is 0.164. The van der Waals surface area contributed by atoms with Gasteiger partial charge in [-0.05, 0) is 18.1 Å². The van der Waals surface area contributed by atoms with E-state index in [0.717, 1.165) is 25.0 Å². The van der Waals surface area contributed by atoms with Crippen molar-refractivity contribution in [2.75, 3.05) is 13.1 Å². The zero-order chi connectivity index (χ0) is 15.8. The van der Waals surface area contributed by atoms with Crippen LogP contribution in [0.15, 0.2) is 18.2 Å². The highest BCUT2D eigenvalue weighted by Gasteiger charge is 2.18. The zero-order valence-electron chi connectivity index (χ0n) is 12.3. The van der Waals surface area contributed by atoms with Crippen LogP contribution in [0.5, 0.6) is 0 Å². The van der Waals surface area contributed by atoms with E-state index >= 15 is 0 Å². The predicted molar refractivity (Wildman–Crippen MR) is 76.8 cm³/mol. The summed E-state index contributed by atoms with van der Waals surface area (Å²) in [7, 11) is 0. The molecular weight excluding hydrogens is 278 g/mol. The van der Waals surface area contributed by atoms with Crippen LogP contribution < -0.4 is 10.6 Å². The molecule has 0 saturated carbocycles. The number of carbonyl (C=O) groups excluding carboxylic acids is 1. The van der Waals surface area contributed by atoms with Gasteiger partial charge in [0.1, 0.15) is 17.7 Å². The Morgan fingerprint density at radius 1 is 1.14 bits per heavy atom. The van der Waals surface area contributed by atoms with Gasteiger partial charge in [-0.1, -0.05) is 32.8 Å². The van der Waals surface area contributed by atoms with Crippen molar-refractivity contribution >= 4 is 6.03 Å². The smallest absolute Gasteiger partial charge is 0.314 e. The maximum atomic E-state index is 13.4. The first-order valence-electron chi connectivity index (χ1n) is 7.13. The van der Waals surface area contributed by atoms with Crippen LogP contribution in [0.3, 0.4) is 0 Å². The topological polar surface area (TPSA) is 61.4 Å². The Bertz CT molecular complexity index is 445. The van der Waals surface area contributed by atoms with Gasteiger partial charge in [0.25, 0.3) is 0 Å². The average molecular weight is 300 g/mol. The van der Waals surface area contributed by atoms with Gasteiger partial charge in [-0.3, -0.25) is 0 Å². The third-order valence-corrected chi connectivity index (χ3v) is 3.49. The van der Waals surface area contributed by atoms with Gasteiger partial charge >= 0.3 is 6.03 Å². The number of amides is 2. The van der Waals surface area contributed by atoms with Gasteiger partial charge in [-0.25, -0.2) is 13.6 Å². The Balaban J connectivity index is 2.46. The van der Waals surface area contributed by atoms with E-state index in [1.165, 1.54) is 6.07 Å². The normalized spacial score (nSPS) is 12.3. The molecule has 1 aromatic rings. The minimum absolute atomic E-state index is 0.257. The Morgan fingerprint density at radius 2 is 1.67 bits per heavy atom. The summed E-state index contributed by atoms with van der Waals surface area (Å²) in [4.78, 5) is 11.6. The van der Waals surface area contributed by atoms with Crippen LogP contribution in [0.2, 0.25) is 0 Å². The molecule has 1 aromatic carbocycles. The van der Waals surface area contributed by atoms with Crippen molar-refractivity contribution in [1.29, 1.82) is 0 Å². The summed E-state index contributed by atoms with van der Waals surface area (Å²) < 4.78 is 26.9. The van der Waals surface area contributed by atoms with Crippen LogP contribution in [0, 0.1) is 17.6 Å². The molecule has 2 amide bonds. The molecule has 6 heteroatoms. The minimum Gasteiger partial charge on any atom is -0.386 e. The number of rotatable bonds is 7. The van der Waals surface area contributed by atoms with E-state index < -0.39 is 29.3 Å². The lowest BCUT2D eigenvalue weighted by Crippen LogP contribution is -2.40. The fourth-order valence-electron chi connectivity index (χ4n) is 2.00. The maximum Gasteiger partial charge on any atom is 0.314 e. The molecule has 21 heavy (non-hydrogen) atoms. The molecule has 0 bridgehead atoms. The largest absolute Gasteiger partial charge is 0.386 e. The zero-order valence-corrected chi connectivity index (χ0v) is 12.3. The Hall–Kier alpha value is -1.69. The molecule has 0 spiro atoms. The second-order valence-electron chi connectivity index (χ2n) is 4.92. The van der Waals surface area contributed by atoms with E-state index in [4.69, 9.17) is 0 Å². The molecule has 0 aliphatic rings. The average Bonchev–Trinajstić information content (AvgIpc) is 2.46. The summed E-state index contributed by atoms with van der Waals surface area (Å²) in [5, 5.41) is 14.9. The first-order valence-corrected chi connectivity index (χ1v) is 7.13. The molecule has 0 aliphatic carbocycles. The Morgan fingerprint density at radius 3 is 2.19 bits per heavy atom. The van der Waals surface area contributed by atoms with Crippen molar-refractivity contribution in [2.24, 2.45) is 5.92 Å². The van der Waals surface area contributed by atoms with Crippen LogP contribution in [-0.4, -0.2) is 24.2 Å². The molecule has 118 valence electrons. The molecule has 0 fully saturated rings. The molecule has 3 N–H and O–H groups in total. The van der Waals surface area contributed by atoms with E-state index in [2.05, 4.69) is 10.6 Å². The van der Waals surface area contributed by atoms with E-state index in [-0.39, 0.29) is 6.54 Å². The summed E-state index contributed by atoms with van der Waals surface area (Å²) in [6.45, 7) is 4.35. The third kappa shape index (κ3) is 5.30. The molecule has 1 rings (SSSR count). The molecule has 4 nitrogen and oxygen atoms in total. The molecule has 0 saturated heterocycles. The van der Waals surface area contributed by atoms with Crippen LogP contribution >= 0.6 is 0 Å². The van der Waals surface area contributed by atoms with Crippen molar-refractivity contribution in [1.82, 2.24) is 10.6 Å². The maximum absolute atomic E-state index is 13.4. The standard InChI is InChI=1S/C15H22F2N2O2/c1-3-10(4-2)8-18-15(21)19-9-13(20)14-11(16)6-5-7-12(14)17/h5-7,10,13,20H,3-4,8-9H2,1-2H3,(H2,18,19,21). The van der Waals surface area contributed by atoms with Crippen LogP contribution in [-0.2, 0) is 0 Å². The highest BCUT2D eigenvalue weighted by atomic mass is 19.1. The number of hydrogen-bond acceptors (Lipinski definition) is 2. The lowest BCUT2D eigenvalue weighted by Gasteiger charge is -2.16. The van der Waals surface area contributed by atoms with Crippen molar-refractivity contribution in [3.05, 3.63) is 35.4 Å². The van der Waals surface area contributed by atoms with Gasteiger partial charge in [0.15, 0.2) is 0 Å². The van der Waals surface area contributed by atoms with E-state index in [9.17, 15) is 18.7 Å². The van der Waals surface area contributed by atoms with Gasteiger partial charge < -0.3 is 15.7 Å². The van der Waals surface area contributed by atoms with Crippen molar-refractivity contribution in [2.45, 2.75) is 32.8 Å². The Kier molecular flexibility index (Phi) is 7.08. The Labute approximate surface area is 123 Å². The summed E-state index contributed by atoms with van der Waals surface area (Å²) >= 11 is 0. The first kappa shape index (κ1) is 17.4. The second-order valence-corrected chi connectivity index (χ2v) is 4.92. The number of aliphatic hydroxyl groups is 1. The molecular formula is C15H22F2N2O2. The number of urea groups is 1. The lowest BCUT2D eigenvalue weighted by atomic mass is 10.0. The summed E-state index contributed by atoms with van der Waals surface area (Å²) in [6, 6.07) is 2.89. The minimum atomic E-state index is -1.43. The van der Waals surface area contributed by atoms with Gasteiger partial charge in [0, 0.05) is 13.1 Å².